The molecule has 9 heteroatoms. The van der Waals surface area contributed by atoms with Crippen LogP contribution in [0.1, 0.15) is 62.0 Å². The summed E-state index contributed by atoms with van der Waals surface area (Å²) < 4.78 is 28.2. The van der Waals surface area contributed by atoms with Crippen molar-refractivity contribution in [2.45, 2.75) is 58.7 Å². The van der Waals surface area contributed by atoms with Gasteiger partial charge >= 0.3 is 6.09 Å². The molecule has 2 aliphatic rings. The summed E-state index contributed by atoms with van der Waals surface area (Å²) in [5, 5.41) is 11.1. The largest absolute Gasteiger partial charge is 0.498 e. The van der Waals surface area contributed by atoms with Crippen molar-refractivity contribution in [3.05, 3.63) is 45.7 Å². The molecule has 1 amide bonds. The molecule has 2 aliphatic carbocycles. The predicted octanol–water partition coefficient (Wildman–Crippen LogP) is 4.35. The summed E-state index contributed by atoms with van der Waals surface area (Å²) in [4.78, 5) is 24.6. The molecule has 0 spiro atoms. The Morgan fingerprint density at radius 3 is 2.19 bits per heavy atom. The molecule has 0 saturated carbocycles. The summed E-state index contributed by atoms with van der Waals surface area (Å²) in [6.45, 7) is 6.94. The van der Waals surface area contributed by atoms with E-state index < -0.39 is 17.8 Å². The van der Waals surface area contributed by atoms with E-state index >= 15 is 0 Å². The maximum atomic E-state index is 13.0. The van der Waals surface area contributed by atoms with Crippen LogP contribution in [-0.4, -0.2) is 57.1 Å². The van der Waals surface area contributed by atoms with Crippen LogP contribution in [-0.2, 0) is 15.9 Å². The van der Waals surface area contributed by atoms with Crippen LogP contribution in [0.3, 0.4) is 0 Å². The fourth-order valence-electron chi connectivity index (χ4n) is 5.60. The number of ether oxygens (including phenoxy) is 5. The van der Waals surface area contributed by atoms with Gasteiger partial charge in [-0.2, -0.15) is 0 Å². The van der Waals surface area contributed by atoms with Crippen LogP contribution in [0.5, 0.6) is 17.2 Å². The van der Waals surface area contributed by atoms with E-state index in [1.54, 1.807) is 19.9 Å². The Balaban J connectivity index is 2.42. The zero-order chi connectivity index (χ0) is 27.7. The standard InChI is InChI=1S/C28H37NO8/c1-14-11-19-18(12-20(31)23(14)33-5)16(13-28(3,4)37-27(29)32)9-10-17-21(15(2)30)24(34-6)26(36-8)25(35-7)22(17)19/h11-12,16,20,31H,9-10,13H2,1-8H3,(H2,29,32)/t16-,20-/m0/s1. The van der Waals surface area contributed by atoms with Crippen molar-refractivity contribution in [3.8, 4) is 17.2 Å². The van der Waals surface area contributed by atoms with Gasteiger partial charge in [-0.15, -0.1) is 0 Å². The lowest BCUT2D eigenvalue weighted by atomic mass is 9.81. The number of ketones is 1. The maximum absolute atomic E-state index is 13.0. The minimum absolute atomic E-state index is 0.172. The average molecular weight is 516 g/mol. The van der Waals surface area contributed by atoms with Crippen LogP contribution in [0.2, 0.25) is 0 Å². The number of Topliss-reactive ketones (excluding diaryl/α,β-unsaturated/α-hetero) is 1. The van der Waals surface area contributed by atoms with E-state index in [9.17, 15) is 14.7 Å². The van der Waals surface area contributed by atoms with E-state index in [0.29, 0.717) is 53.4 Å². The van der Waals surface area contributed by atoms with Crippen LogP contribution >= 0.6 is 0 Å². The van der Waals surface area contributed by atoms with Gasteiger partial charge in [-0.3, -0.25) is 4.79 Å². The summed E-state index contributed by atoms with van der Waals surface area (Å²) in [6, 6.07) is 0. The first-order valence-corrected chi connectivity index (χ1v) is 12.1. The number of nitrogens with two attached hydrogens (primary N) is 1. The normalized spacial score (nSPS) is 19.4. The molecule has 9 nitrogen and oxygen atoms in total. The molecular weight excluding hydrogens is 478 g/mol. The molecule has 0 heterocycles. The van der Waals surface area contributed by atoms with E-state index in [2.05, 4.69) is 0 Å². The van der Waals surface area contributed by atoms with E-state index in [-0.39, 0.29) is 11.7 Å². The Bertz CT molecular complexity index is 1190. The maximum Gasteiger partial charge on any atom is 0.405 e. The molecule has 0 saturated heterocycles. The lowest BCUT2D eigenvalue weighted by Crippen LogP contribution is -2.33. The van der Waals surface area contributed by atoms with Crippen molar-refractivity contribution < 1.29 is 38.4 Å². The second-order valence-electron chi connectivity index (χ2n) is 9.88. The number of aliphatic hydroxyl groups is 1. The Labute approximate surface area is 217 Å². The van der Waals surface area contributed by atoms with Crippen molar-refractivity contribution in [1.82, 2.24) is 0 Å². The van der Waals surface area contributed by atoms with Crippen molar-refractivity contribution in [2.24, 2.45) is 11.7 Å². The monoisotopic (exact) mass is 515 g/mol. The number of fused-ring (bicyclic) bond motifs is 3. The fourth-order valence-corrected chi connectivity index (χ4v) is 5.60. The second kappa shape index (κ2) is 10.9. The molecule has 0 fully saturated rings. The molecule has 0 bridgehead atoms. The quantitative estimate of drug-likeness (QED) is 0.490. The van der Waals surface area contributed by atoms with Crippen LogP contribution < -0.4 is 19.9 Å². The third-order valence-electron chi connectivity index (χ3n) is 6.89. The number of methoxy groups -OCH3 is 4. The molecule has 0 radical (unpaired) electrons. The number of benzene rings is 1. The van der Waals surface area contributed by atoms with Crippen LogP contribution in [0.15, 0.2) is 29.1 Å². The molecule has 1 aromatic carbocycles. The van der Waals surface area contributed by atoms with Crippen molar-refractivity contribution in [1.29, 1.82) is 0 Å². The third-order valence-corrected chi connectivity index (χ3v) is 6.89. The lowest BCUT2D eigenvalue weighted by Gasteiger charge is -2.30. The molecule has 1 aromatic rings. The first-order chi connectivity index (χ1) is 17.4. The van der Waals surface area contributed by atoms with E-state index in [4.69, 9.17) is 29.4 Å². The summed E-state index contributed by atoms with van der Waals surface area (Å²) >= 11 is 0. The Kier molecular flexibility index (Phi) is 8.27. The van der Waals surface area contributed by atoms with Crippen molar-refractivity contribution in [2.75, 3.05) is 28.4 Å². The van der Waals surface area contributed by atoms with Crippen LogP contribution in [0.25, 0.3) is 5.57 Å². The minimum atomic E-state index is -1.00. The molecule has 37 heavy (non-hydrogen) atoms. The molecule has 0 unspecified atom stereocenters. The summed E-state index contributed by atoms with van der Waals surface area (Å²) in [6.07, 6.45) is 3.34. The molecular formula is C28H37NO8. The van der Waals surface area contributed by atoms with E-state index in [0.717, 1.165) is 22.3 Å². The molecule has 0 aromatic heterocycles. The number of rotatable bonds is 8. The van der Waals surface area contributed by atoms with E-state index in [1.165, 1.54) is 35.4 Å². The van der Waals surface area contributed by atoms with E-state index in [1.807, 2.05) is 13.0 Å². The van der Waals surface area contributed by atoms with Gasteiger partial charge in [0.15, 0.2) is 17.3 Å². The molecule has 3 rings (SSSR count). The fraction of sp³-hybridized carbons (Fsp3) is 0.500. The number of primary amides is 1. The van der Waals surface area contributed by atoms with Gasteiger partial charge in [-0.05, 0) is 87.3 Å². The summed E-state index contributed by atoms with van der Waals surface area (Å²) in [7, 11) is 6.04. The second-order valence-corrected chi connectivity index (χ2v) is 9.88. The topological polar surface area (TPSA) is 127 Å². The number of amides is 1. The molecule has 202 valence electrons. The van der Waals surface area contributed by atoms with Gasteiger partial charge < -0.3 is 34.5 Å². The first kappa shape index (κ1) is 28.1. The number of carbonyl (C=O) groups excluding carboxylic acids is 2. The Hall–Kier alpha value is -3.46. The third kappa shape index (κ3) is 5.32. The highest BCUT2D eigenvalue weighted by Crippen LogP contribution is 2.53. The number of carbonyl (C=O) groups is 2. The minimum Gasteiger partial charge on any atom is -0.498 e. The lowest BCUT2D eigenvalue weighted by molar-refractivity contribution is 0.0295. The van der Waals surface area contributed by atoms with Gasteiger partial charge in [0, 0.05) is 5.56 Å². The Morgan fingerprint density at radius 1 is 1.05 bits per heavy atom. The number of hydrogen-bond donors (Lipinski definition) is 2. The molecule has 3 N–H and O–H groups in total. The summed E-state index contributed by atoms with van der Waals surface area (Å²) in [5.74, 6) is 1.11. The van der Waals surface area contributed by atoms with Gasteiger partial charge in [-0.25, -0.2) is 4.79 Å². The van der Waals surface area contributed by atoms with Crippen LogP contribution in [0, 0.1) is 5.92 Å². The zero-order valence-electron chi connectivity index (χ0n) is 22.8. The SMILES string of the molecule is COC1=C(C)C=C2C(=C[C@@H]1O)[C@H](CC(C)(C)OC(N)=O)CCc1c(C(C)=O)c(OC)c(OC)c(OC)c12. The average Bonchev–Trinajstić information content (AvgIpc) is 3.02. The van der Waals surface area contributed by atoms with Crippen molar-refractivity contribution >= 4 is 17.4 Å². The smallest absolute Gasteiger partial charge is 0.405 e. The summed E-state index contributed by atoms with van der Waals surface area (Å²) in [5.41, 5.74) is 8.63. The highest BCUT2D eigenvalue weighted by molar-refractivity contribution is 6.03. The number of hydrogen-bond acceptors (Lipinski definition) is 8. The highest BCUT2D eigenvalue weighted by atomic mass is 16.6. The zero-order valence-corrected chi connectivity index (χ0v) is 22.8. The predicted molar refractivity (Wildman–Crippen MR) is 139 cm³/mol. The highest BCUT2D eigenvalue weighted by Gasteiger charge is 2.38. The molecule has 2 atom stereocenters. The number of aliphatic hydroxyl groups excluding tert-OH is 1. The van der Waals surface area contributed by atoms with Crippen LogP contribution in [0.4, 0.5) is 4.79 Å². The first-order valence-electron chi connectivity index (χ1n) is 12.1. The van der Waals surface area contributed by atoms with Gasteiger partial charge in [0.1, 0.15) is 17.5 Å². The van der Waals surface area contributed by atoms with Crippen molar-refractivity contribution in [3.63, 3.8) is 0 Å². The molecule has 0 aliphatic heterocycles. The Morgan fingerprint density at radius 2 is 1.68 bits per heavy atom. The van der Waals surface area contributed by atoms with Gasteiger partial charge in [0.25, 0.3) is 0 Å². The van der Waals surface area contributed by atoms with Gasteiger partial charge in [0.05, 0.1) is 34.0 Å². The van der Waals surface area contributed by atoms with Gasteiger partial charge in [0.2, 0.25) is 5.75 Å². The van der Waals surface area contributed by atoms with Gasteiger partial charge in [-0.1, -0.05) is 0 Å². The number of allylic oxidation sites excluding steroid dienone is 4.